The Labute approximate surface area is 119 Å². The van der Waals surface area contributed by atoms with Gasteiger partial charge in [-0.1, -0.05) is 19.1 Å². The van der Waals surface area contributed by atoms with Crippen LogP contribution in [0.3, 0.4) is 0 Å². The van der Waals surface area contributed by atoms with E-state index in [0.29, 0.717) is 12.1 Å². The number of sulfone groups is 1. The fraction of sp³-hybridized carbons (Fsp3) is 0.500. The monoisotopic (exact) mass is 296 g/mol. The highest BCUT2D eigenvalue weighted by Crippen LogP contribution is 2.13. The molecule has 0 aromatic heterocycles. The standard InChI is InChI=1S/C14H20N2O3S/c1-2-20(18,19)13-5-3-12(4-6-13)14(17)11-16-9-7-15-8-10-16/h3-6,15H,2,7-11H2,1H3. The largest absolute Gasteiger partial charge is 0.314 e. The van der Waals surface area contributed by atoms with E-state index in [2.05, 4.69) is 10.2 Å². The zero-order valence-corrected chi connectivity index (χ0v) is 12.4. The summed E-state index contributed by atoms with van der Waals surface area (Å²) in [6.45, 7) is 5.55. The van der Waals surface area contributed by atoms with Crippen LogP contribution in [-0.2, 0) is 9.84 Å². The Morgan fingerprint density at radius 1 is 1.20 bits per heavy atom. The molecule has 0 amide bonds. The summed E-state index contributed by atoms with van der Waals surface area (Å²) in [5.41, 5.74) is 0.568. The normalized spacial score (nSPS) is 17.1. The number of nitrogens with zero attached hydrogens (tertiary/aromatic N) is 1. The summed E-state index contributed by atoms with van der Waals surface area (Å²) in [4.78, 5) is 14.5. The number of Topliss-reactive ketones (excluding diaryl/α,β-unsaturated/α-hetero) is 1. The second-order valence-electron chi connectivity index (χ2n) is 4.88. The molecule has 110 valence electrons. The molecule has 20 heavy (non-hydrogen) atoms. The van der Waals surface area contributed by atoms with Crippen molar-refractivity contribution in [2.24, 2.45) is 0 Å². The van der Waals surface area contributed by atoms with Crippen molar-refractivity contribution >= 4 is 15.6 Å². The molecule has 1 N–H and O–H groups in total. The van der Waals surface area contributed by atoms with Crippen LogP contribution >= 0.6 is 0 Å². The third kappa shape index (κ3) is 3.65. The summed E-state index contributed by atoms with van der Waals surface area (Å²) in [7, 11) is -3.20. The second kappa shape index (κ2) is 6.47. The maximum atomic E-state index is 12.1. The molecule has 1 aliphatic rings. The smallest absolute Gasteiger partial charge is 0.178 e. The number of benzene rings is 1. The summed E-state index contributed by atoms with van der Waals surface area (Å²) in [6.07, 6.45) is 0. The molecule has 1 saturated heterocycles. The number of ketones is 1. The zero-order chi connectivity index (χ0) is 14.6. The highest BCUT2D eigenvalue weighted by Gasteiger charge is 2.16. The first-order valence-corrected chi connectivity index (χ1v) is 8.47. The number of hydrogen-bond acceptors (Lipinski definition) is 5. The van der Waals surface area contributed by atoms with Crippen molar-refractivity contribution in [2.75, 3.05) is 38.5 Å². The first-order valence-electron chi connectivity index (χ1n) is 6.82. The minimum atomic E-state index is -3.20. The van der Waals surface area contributed by atoms with Crippen molar-refractivity contribution in [1.82, 2.24) is 10.2 Å². The van der Waals surface area contributed by atoms with Gasteiger partial charge in [0.15, 0.2) is 15.6 Å². The summed E-state index contributed by atoms with van der Waals surface area (Å²) >= 11 is 0. The van der Waals surface area contributed by atoms with Gasteiger partial charge < -0.3 is 5.32 Å². The van der Waals surface area contributed by atoms with Gasteiger partial charge in [0.25, 0.3) is 0 Å². The topological polar surface area (TPSA) is 66.5 Å². The van der Waals surface area contributed by atoms with E-state index in [0.717, 1.165) is 26.2 Å². The zero-order valence-electron chi connectivity index (χ0n) is 11.6. The van der Waals surface area contributed by atoms with E-state index in [9.17, 15) is 13.2 Å². The molecule has 1 fully saturated rings. The summed E-state index contributed by atoms with van der Waals surface area (Å²) in [5.74, 6) is 0.105. The molecule has 1 aromatic rings. The molecule has 6 heteroatoms. The summed E-state index contributed by atoms with van der Waals surface area (Å²) < 4.78 is 23.4. The molecule has 0 atom stereocenters. The number of nitrogens with one attached hydrogen (secondary N) is 1. The summed E-state index contributed by atoms with van der Waals surface area (Å²) in [6, 6.07) is 6.24. The van der Waals surface area contributed by atoms with Crippen molar-refractivity contribution in [3.05, 3.63) is 29.8 Å². The van der Waals surface area contributed by atoms with E-state index in [1.807, 2.05) is 0 Å². The lowest BCUT2D eigenvalue weighted by Crippen LogP contribution is -2.45. The molecule has 2 rings (SSSR count). The molecular formula is C14H20N2O3S. The van der Waals surface area contributed by atoms with Crippen LogP contribution in [0.5, 0.6) is 0 Å². The van der Waals surface area contributed by atoms with Gasteiger partial charge in [-0.05, 0) is 12.1 Å². The lowest BCUT2D eigenvalue weighted by molar-refractivity contribution is 0.0921. The summed E-state index contributed by atoms with van der Waals surface area (Å²) in [5, 5.41) is 3.24. The molecule has 1 heterocycles. The lowest BCUT2D eigenvalue weighted by Gasteiger charge is -2.26. The molecule has 5 nitrogen and oxygen atoms in total. The van der Waals surface area contributed by atoms with Gasteiger partial charge in [-0.2, -0.15) is 0 Å². The van der Waals surface area contributed by atoms with Crippen molar-refractivity contribution < 1.29 is 13.2 Å². The van der Waals surface area contributed by atoms with E-state index in [1.165, 1.54) is 12.1 Å². The Morgan fingerprint density at radius 2 is 1.80 bits per heavy atom. The van der Waals surface area contributed by atoms with Gasteiger partial charge in [-0.3, -0.25) is 9.69 Å². The van der Waals surface area contributed by atoms with Gasteiger partial charge in [-0.25, -0.2) is 8.42 Å². The van der Waals surface area contributed by atoms with Gasteiger partial charge >= 0.3 is 0 Å². The number of piperazine rings is 1. The molecule has 0 saturated carbocycles. The van der Waals surface area contributed by atoms with Crippen molar-refractivity contribution in [1.29, 1.82) is 0 Å². The molecule has 0 spiro atoms. The van der Waals surface area contributed by atoms with Gasteiger partial charge in [0.1, 0.15) is 0 Å². The Bertz CT molecular complexity index is 561. The predicted octanol–water partition coefficient (Wildman–Crippen LogP) is 0.568. The molecule has 0 unspecified atom stereocenters. The highest BCUT2D eigenvalue weighted by atomic mass is 32.2. The molecule has 0 aliphatic carbocycles. The van der Waals surface area contributed by atoms with Gasteiger partial charge in [0.05, 0.1) is 17.2 Å². The SMILES string of the molecule is CCS(=O)(=O)c1ccc(C(=O)CN2CCNCC2)cc1. The van der Waals surface area contributed by atoms with Crippen LogP contribution in [0.4, 0.5) is 0 Å². The van der Waals surface area contributed by atoms with Crippen LogP contribution in [-0.4, -0.2) is 57.6 Å². The number of hydrogen-bond donors (Lipinski definition) is 1. The van der Waals surface area contributed by atoms with Crippen LogP contribution in [0.25, 0.3) is 0 Å². The van der Waals surface area contributed by atoms with E-state index < -0.39 is 9.84 Å². The average molecular weight is 296 g/mol. The number of carbonyl (C=O) groups is 1. The predicted molar refractivity (Wildman–Crippen MR) is 77.8 cm³/mol. The van der Waals surface area contributed by atoms with Gasteiger partial charge in [0.2, 0.25) is 0 Å². The quantitative estimate of drug-likeness (QED) is 0.805. The van der Waals surface area contributed by atoms with Crippen LogP contribution in [0, 0.1) is 0 Å². The van der Waals surface area contributed by atoms with Crippen molar-refractivity contribution in [3.63, 3.8) is 0 Å². The van der Waals surface area contributed by atoms with Crippen LogP contribution < -0.4 is 5.32 Å². The second-order valence-corrected chi connectivity index (χ2v) is 7.16. The lowest BCUT2D eigenvalue weighted by atomic mass is 10.1. The van der Waals surface area contributed by atoms with E-state index in [4.69, 9.17) is 0 Å². The van der Waals surface area contributed by atoms with Crippen LogP contribution in [0.15, 0.2) is 29.2 Å². The highest BCUT2D eigenvalue weighted by molar-refractivity contribution is 7.91. The molecule has 0 radical (unpaired) electrons. The first kappa shape index (κ1) is 15.2. The maximum Gasteiger partial charge on any atom is 0.178 e. The third-order valence-corrected chi connectivity index (χ3v) is 5.24. The minimum Gasteiger partial charge on any atom is -0.314 e. The van der Waals surface area contributed by atoms with Crippen LogP contribution in [0.1, 0.15) is 17.3 Å². The van der Waals surface area contributed by atoms with E-state index >= 15 is 0 Å². The average Bonchev–Trinajstić information content (AvgIpc) is 2.48. The third-order valence-electron chi connectivity index (χ3n) is 3.49. The fourth-order valence-corrected chi connectivity index (χ4v) is 3.06. The van der Waals surface area contributed by atoms with E-state index in [-0.39, 0.29) is 16.4 Å². The minimum absolute atomic E-state index is 0.0346. The molecular weight excluding hydrogens is 276 g/mol. The Morgan fingerprint density at radius 3 is 2.35 bits per heavy atom. The fourth-order valence-electron chi connectivity index (χ4n) is 2.18. The maximum absolute atomic E-state index is 12.1. The molecule has 1 aromatic carbocycles. The number of carbonyl (C=O) groups excluding carboxylic acids is 1. The molecule has 1 aliphatic heterocycles. The number of rotatable bonds is 5. The Balaban J connectivity index is 2.04. The Kier molecular flexibility index (Phi) is 4.91. The van der Waals surface area contributed by atoms with Crippen LogP contribution in [0.2, 0.25) is 0 Å². The molecule has 0 bridgehead atoms. The van der Waals surface area contributed by atoms with E-state index in [1.54, 1.807) is 19.1 Å². The Hall–Kier alpha value is -1.24. The van der Waals surface area contributed by atoms with Gasteiger partial charge in [-0.15, -0.1) is 0 Å². The van der Waals surface area contributed by atoms with Gasteiger partial charge in [0, 0.05) is 31.7 Å². The first-order chi connectivity index (χ1) is 9.53. The van der Waals surface area contributed by atoms with Crippen molar-refractivity contribution in [3.8, 4) is 0 Å². The van der Waals surface area contributed by atoms with Crippen molar-refractivity contribution in [2.45, 2.75) is 11.8 Å².